The second-order valence-electron chi connectivity index (χ2n) is 4.71. The van der Waals surface area contributed by atoms with Gasteiger partial charge in [0.05, 0.1) is 11.3 Å². The fraction of sp³-hybridized carbons (Fsp3) is 0.0625. The Morgan fingerprint density at radius 2 is 1.79 bits per heavy atom. The number of carbonyl (C=O) groups excluding carboxylic acids is 2. The average Bonchev–Trinajstić information content (AvgIpc) is 2.54. The lowest BCUT2D eigenvalue weighted by Gasteiger charge is -2.11. The third kappa shape index (κ3) is 4.39. The Kier molecular flexibility index (Phi) is 5.64. The molecular formula is C16H12BrFN2O4. The summed E-state index contributed by atoms with van der Waals surface area (Å²) in [4.78, 5) is 34.7. The summed E-state index contributed by atoms with van der Waals surface area (Å²) >= 11 is 3.22. The van der Waals surface area contributed by atoms with E-state index < -0.39 is 30.1 Å². The maximum absolute atomic E-state index is 13.8. The summed E-state index contributed by atoms with van der Waals surface area (Å²) < 4.78 is 14.4. The first-order valence-corrected chi connectivity index (χ1v) is 7.53. The van der Waals surface area contributed by atoms with Gasteiger partial charge >= 0.3 is 6.09 Å². The van der Waals surface area contributed by atoms with Crippen LogP contribution in [0.2, 0.25) is 0 Å². The molecular weight excluding hydrogens is 383 g/mol. The lowest BCUT2D eigenvalue weighted by atomic mass is 10.0. The third-order valence-electron chi connectivity index (χ3n) is 3.02. The van der Waals surface area contributed by atoms with Gasteiger partial charge in [-0.3, -0.25) is 9.59 Å². The molecule has 2 amide bonds. The SMILES string of the molecule is O=C(O)NCC(=O)Nc1ccc(Br)cc1C(=O)c1ccccc1F. The first kappa shape index (κ1) is 17.6. The quantitative estimate of drug-likeness (QED) is 0.679. The molecule has 2 aromatic carbocycles. The van der Waals surface area contributed by atoms with Gasteiger partial charge in [-0.2, -0.15) is 0 Å². The Bertz CT molecular complexity index is 810. The molecule has 8 heteroatoms. The van der Waals surface area contributed by atoms with Crippen molar-refractivity contribution in [3.63, 3.8) is 0 Å². The van der Waals surface area contributed by atoms with Crippen LogP contribution in [-0.2, 0) is 4.79 Å². The van der Waals surface area contributed by atoms with E-state index in [1.807, 2.05) is 5.32 Å². The zero-order chi connectivity index (χ0) is 17.7. The zero-order valence-corrected chi connectivity index (χ0v) is 13.8. The molecule has 0 heterocycles. The fourth-order valence-corrected chi connectivity index (χ4v) is 2.32. The number of halogens is 2. The van der Waals surface area contributed by atoms with Gasteiger partial charge in [-0.1, -0.05) is 28.1 Å². The first-order valence-electron chi connectivity index (χ1n) is 6.74. The minimum Gasteiger partial charge on any atom is -0.465 e. The highest BCUT2D eigenvalue weighted by Gasteiger charge is 2.18. The summed E-state index contributed by atoms with van der Waals surface area (Å²) in [5.41, 5.74) is 0.108. The summed E-state index contributed by atoms with van der Waals surface area (Å²) in [7, 11) is 0. The van der Waals surface area contributed by atoms with Crippen molar-refractivity contribution in [2.45, 2.75) is 0 Å². The molecule has 0 spiro atoms. The molecule has 0 atom stereocenters. The maximum Gasteiger partial charge on any atom is 0.405 e. The van der Waals surface area contributed by atoms with E-state index in [0.717, 1.165) is 0 Å². The molecule has 0 saturated carbocycles. The number of anilines is 1. The Morgan fingerprint density at radius 3 is 2.46 bits per heavy atom. The highest BCUT2D eigenvalue weighted by Crippen LogP contribution is 2.24. The molecule has 124 valence electrons. The molecule has 6 nitrogen and oxygen atoms in total. The molecule has 0 aliphatic heterocycles. The first-order chi connectivity index (χ1) is 11.4. The van der Waals surface area contributed by atoms with Gasteiger partial charge in [-0.15, -0.1) is 0 Å². The van der Waals surface area contributed by atoms with Gasteiger partial charge in [0.1, 0.15) is 12.4 Å². The number of carboxylic acid groups (broad SMARTS) is 1. The summed E-state index contributed by atoms with van der Waals surface area (Å²) in [5, 5.41) is 12.8. The standard InChI is InChI=1S/C16H12BrFN2O4/c17-9-5-6-13(20-14(21)8-19-16(23)24)11(7-9)15(22)10-3-1-2-4-12(10)18/h1-7,19H,8H2,(H,20,21)(H,23,24). The van der Waals surface area contributed by atoms with Crippen LogP contribution >= 0.6 is 15.9 Å². The van der Waals surface area contributed by atoms with Crippen molar-refractivity contribution >= 4 is 39.4 Å². The lowest BCUT2D eigenvalue weighted by molar-refractivity contribution is -0.115. The molecule has 0 unspecified atom stereocenters. The van der Waals surface area contributed by atoms with E-state index in [1.54, 1.807) is 6.07 Å². The summed E-state index contributed by atoms with van der Waals surface area (Å²) in [6.07, 6.45) is -1.34. The van der Waals surface area contributed by atoms with Crippen LogP contribution in [0.3, 0.4) is 0 Å². The minimum absolute atomic E-state index is 0.0816. The van der Waals surface area contributed by atoms with Crippen molar-refractivity contribution in [1.82, 2.24) is 5.32 Å². The van der Waals surface area contributed by atoms with E-state index in [1.165, 1.54) is 36.4 Å². The third-order valence-corrected chi connectivity index (χ3v) is 3.51. The van der Waals surface area contributed by atoms with Crippen LogP contribution in [0, 0.1) is 5.82 Å². The Morgan fingerprint density at radius 1 is 1.08 bits per heavy atom. The molecule has 0 saturated heterocycles. The van der Waals surface area contributed by atoms with Crippen LogP contribution in [0.4, 0.5) is 14.9 Å². The number of benzene rings is 2. The smallest absolute Gasteiger partial charge is 0.405 e. The Balaban J connectivity index is 2.31. The van der Waals surface area contributed by atoms with E-state index >= 15 is 0 Å². The topological polar surface area (TPSA) is 95.5 Å². The number of carbonyl (C=O) groups is 3. The van der Waals surface area contributed by atoms with Crippen molar-refractivity contribution in [2.75, 3.05) is 11.9 Å². The monoisotopic (exact) mass is 394 g/mol. The van der Waals surface area contributed by atoms with E-state index in [2.05, 4.69) is 21.2 Å². The predicted octanol–water partition coefficient (Wildman–Crippen LogP) is 3.03. The van der Waals surface area contributed by atoms with Crippen LogP contribution < -0.4 is 10.6 Å². The molecule has 0 aliphatic rings. The van der Waals surface area contributed by atoms with Gasteiger partial charge in [-0.25, -0.2) is 9.18 Å². The number of nitrogens with one attached hydrogen (secondary N) is 2. The maximum atomic E-state index is 13.8. The normalized spacial score (nSPS) is 10.1. The van der Waals surface area contributed by atoms with E-state index in [9.17, 15) is 18.8 Å². The molecule has 0 fully saturated rings. The second kappa shape index (κ2) is 7.69. The number of hydrogen-bond acceptors (Lipinski definition) is 3. The van der Waals surface area contributed by atoms with Gasteiger partial charge in [0, 0.05) is 10.0 Å². The molecule has 3 N–H and O–H groups in total. The van der Waals surface area contributed by atoms with Crippen molar-refractivity contribution < 1.29 is 23.9 Å². The van der Waals surface area contributed by atoms with Crippen molar-refractivity contribution in [2.24, 2.45) is 0 Å². The summed E-state index contributed by atoms with van der Waals surface area (Å²) in [5.74, 6) is -1.93. The number of rotatable bonds is 5. The number of ketones is 1. The molecule has 2 rings (SSSR count). The highest BCUT2D eigenvalue weighted by atomic mass is 79.9. The van der Waals surface area contributed by atoms with Crippen molar-refractivity contribution in [3.05, 3.63) is 63.9 Å². The number of hydrogen-bond donors (Lipinski definition) is 3. The predicted molar refractivity (Wildman–Crippen MR) is 88.6 cm³/mol. The largest absolute Gasteiger partial charge is 0.465 e. The van der Waals surface area contributed by atoms with Crippen LogP contribution in [-0.4, -0.2) is 29.4 Å². The zero-order valence-electron chi connectivity index (χ0n) is 12.2. The van der Waals surface area contributed by atoms with Gasteiger partial charge in [0.15, 0.2) is 5.78 Å². The minimum atomic E-state index is -1.34. The molecule has 0 aromatic heterocycles. The fourth-order valence-electron chi connectivity index (χ4n) is 1.95. The summed E-state index contributed by atoms with van der Waals surface area (Å²) in [6, 6.07) is 10.0. The van der Waals surface area contributed by atoms with Gasteiger partial charge in [0.2, 0.25) is 5.91 Å². The van der Waals surface area contributed by atoms with Gasteiger partial charge in [0.25, 0.3) is 0 Å². The van der Waals surface area contributed by atoms with Crippen LogP contribution in [0.15, 0.2) is 46.9 Å². The molecule has 0 bridgehead atoms. The highest BCUT2D eigenvalue weighted by molar-refractivity contribution is 9.10. The lowest BCUT2D eigenvalue weighted by Crippen LogP contribution is -2.32. The molecule has 24 heavy (non-hydrogen) atoms. The van der Waals surface area contributed by atoms with Crippen LogP contribution in [0.25, 0.3) is 0 Å². The van der Waals surface area contributed by atoms with E-state index in [0.29, 0.717) is 4.47 Å². The van der Waals surface area contributed by atoms with Gasteiger partial charge in [-0.05, 0) is 30.3 Å². The Hall–Kier alpha value is -2.74. The summed E-state index contributed by atoms with van der Waals surface area (Å²) in [6.45, 7) is -0.473. The van der Waals surface area contributed by atoms with E-state index in [4.69, 9.17) is 5.11 Å². The molecule has 2 aromatic rings. The average molecular weight is 395 g/mol. The molecule has 0 aliphatic carbocycles. The molecule has 0 radical (unpaired) electrons. The van der Waals surface area contributed by atoms with Crippen molar-refractivity contribution in [3.8, 4) is 0 Å². The van der Waals surface area contributed by atoms with Crippen LogP contribution in [0.5, 0.6) is 0 Å². The Labute approximate surface area is 144 Å². The van der Waals surface area contributed by atoms with Crippen molar-refractivity contribution in [1.29, 1.82) is 0 Å². The van der Waals surface area contributed by atoms with E-state index in [-0.39, 0.29) is 16.8 Å². The van der Waals surface area contributed by atoms with Crippen LogP contribution in [0.1, 0.15) is 15.9 Å². The van der Waals surface area contributed by atoms with Gasteiger partial charge < -0.3 is 15.7 Å². The second-order valence-corrected chi connectivity index (χ2v) is 5.62. The number of amides is 2.